The maximum atomic E-state index is 5.98. The first kappa shape index (κ1) is 10.7. The lowest BCUT2D eigenvalue weighted by Gasteiger charge is -2.26. The monoisotopic (exact) mass is 231 g/mol. The first-order valence-electron chi connectivity index (χ1n) is 6.13. The van der Waals surface area contributed by atoms with E-state index in [-0.39, 0.29) is 5.41 Å². The van der Waals surface area contributed by atoms with Crippen LogP contribution >= 0.6 is 0 Å². The van der Waals surface area contributed by atoms with Crippen molar-refractivity contribution in [1.82, 2.24) is 19.6 Å². The zero-order chi connectivity index (χ0) is 11.9. The summed E-state index contributed by atoms with van der Waals surface area (Å²) in [6.45, 7) is 2.57. The van der Waals surface area contributed by atoms with Crippen LogP contribution in [0.25, 0.3) is 5.78 Å². The lowest BCUT2D eigenvalue weighted by molar-refractivity contribution is 0.448. The molecule has 0 aliphatic heterocycles. The molecule has 2 N–H and O–H groups in total. The summed E-state index contributed by atoms with van der Waals surface area (Å²) >= 11 is 0. The smallest absolute Gasteiger partial charge is 0.252 e. The topological polar surface area (TPSA) is 69.1 Å². The summed E-state index contributed by atoms with van der Waals surface area (Å²) in [6.07, 6.45) is 8.79. The largest absolute Gasteiger partial charge is 0.330 e. The predicted octanol–water partition coefficient (Wildman–Crippen LogP) is 1.20. The van der Waals surface area contributed by atoms with Gasteiger partial charge in [0.15, 0.2) is 0 Å². The molecule has 2 heterocycles. The van der Waals surface area contributed by atoms with Crippen molar-refractivity contribution >= 4 is 5.78 Å². The molecule has 1 saturated carbocycles. The Hall–Kier alpha value is -1.49. The Kier molecular flexibility index (Phi) is 2.36. The molecular formula is C12H17N5. The number of nitrogens with two attached hydrogens (primary N) is 1. The highest BCUT2D eigenvalue weighted by molar-refractivity contribution is 5.31. The van der Waals surface area contributed by atoms with E-state index in [9.17, 15) is 0 Å². The minimum atomic E-state index is 0.112. The van der Waals surface area contributed by atoms with Gasteiger partial charge in [0.1, 0.15) is 5.82 Å². The highest BCUT2D eigenvalue weighted by Crippen LogP contribution is 2.39. The molecule has 0 atom stereocenters. The van der Waals surface area contributed by atoms with Crippen LogP contribution in [0.2, 0.25) is 0 Å². The fourth-order valence-corrected chi connectivity index (χ4v) is 2.82. The van der Waals surface area contributed by atoms with Crippen molar-refractivity contribution in [2.24, 2.45) is 5.73 Å². The number of nitrogens with zero attached hydrogens (tertiary/aromatic N) is 4. The van der Waals surface area contributed by atoms with Crippen molar-refractivity contribution in [3.8, 4) is 0 Å². The highest BCUT2D eigenvalue weighted by atomic mass is 15.3. The Bertz CT molecular complexity index is 539. The maximum Gasteiger partial charge on any atom is 0.252 e. The summed E-state index contributed by atoms with van der Waals surface area (Å²) in [6, 6.07) is 0. The van der Waals surface area contributed by atoms with Crippen molar-refractivity contribution in [2.75, 3.05) is 6.54 Å². The van der Waals surface area contributed by atoms with Crippen molar-refractivity contribution in [1.29, 1.82) is 0 Å². The van der Waals surface area contributed by atoms with Gasteiger partial charge in [0.25, 0.3) is 5.78 Å². The Balaban J connectivity index is 2.10. The summed E-state index contributed by atoms with van der Waals surface area (Å²) in [7, 11) is 0. The summed E-state index contributed by atoms with van der Waals surface area (Å²) < 4.78 is 1.76. The van der Waals surface area contributed by atoms with Gasteiger partial charge >= 0.3 is 0 Å². The number of hydrogen-bond acceptors (Lipinski definition) is 4. The van der Waals surface area contributed by atoms with Crippen LogP contribution in [0.5, 0.6) is 0 Å². The van der Waals surface area contributed by atoms with E-state index >= 15 is 0 Å². The quantitative estimate of drug-likeness (QED) is 0.843. The Morgan fingerprint density at radius 3 is 2.88 bits per heavy atom. The first-order valence-corrected chi connectivity index (χ1v) is 6.13. The van der Waals surface area contributed by atoms with Gasteiger partial charge in [-0.2, -0.15) is 10.1 Å². The van der Waals surface area contributed by atoms with Crippen molar-refractivity contribution in [3.63, 3.8) is 0 Å². The average Bonchev–Trinajstić information content (AvgIpc) is 2.93. The van der Waals surface area contributed by atoms with Crippen molar-refractivity contribution in [2.45, 2.75) is 38.0 Å². The molecule has 0 spiro atoms. The van der Waals surface area contributed by atoms with Crippen LogP contribution in [0.4, 0.5) is 0 Å². The van der Waals surface area contributed by atoms with E-state index in [4.69, 9.17) is 5.73 Å². The lowest BCUT2D eigenvalue weighted by Crippen LogP contribution is -2.32. The molecule has 17 heavy (non-hydrogen) atoms. The van der Waals surface area contributed by atoms with Crippen LogP contribution in [0, 0.1) is 6.92 Å². The molecule has 90 valence electrons. The van der Waals surface area contributed by atoms with Gasteiger partial charge in [0.2, 0.25) is 0 Å². The van der Waals surface area contributed by atoms with Gasteiger partial charge in [-0.1, -0.05) is 12.8 Å². The van der Waals surface area contributed by atoms with E-state index in [0.29, 0.717) is 12.3 Å². The SMILES string of the molecule is Cc1nc2ncc(C3(CN)CCCC3)cn2n1. The van der Waals surface area contributed by atoms with Crippen LogP contribution in [-0.4, -0.2) is 26.1 Å². The molecule has 2 aromatic rings. The molecule has 5 heteroatoms. The summed E-state index contributed by atoms with van der Waals surface area (Å²) in [5, 5.41) is 4.31. The van der Waals surface area contributed by atoms with Crippen LogP contribution in [0.3, 0.4) is 0 Å². The minimum absolute atomic E-state index is 0.112. The minimum Gasteiger partial charge on any atom is -0.330 e. The third kappa shape index (κ3) is 1.61. The summed E-state index contributed by atoms with van der Waals surface area (Å²) in [5.41, 5.74) is 7.29. The van der Waals surface area contributed by atoms with Crippen LogP contribution in [0.15, 0.2) is 12.4 Å². The molecule has 0 amide bonds. The Morgan fingerprint density at radius 2 is 2.18 bits per heavy atom. The molecule has 5 nitrogen and oxygen atoms in total. The van der Waals surface area contributed by atoms with Crippen LogP contribution < -0.4 is 5.73 Å². The Labute approximate surface area is 100 Å². The molecule has 1 fully saturated rings. The van der Waals surface area contributed by atoms with Gasteiger partial charge in [-0.05, 0) is 25.3 Å². The zero-order valence-electron chi connectivity index (χ0n) is 10.1. The Morgan fingerprint density at radius 1 is 1.41 bits per heavy atom. The number of fused-ring (bicyclic) bond motifs is 1. The van der Waals surface area contributed by atoms with E-state index in [0.717, 1.165) is 18.7 Å². The van der Waals surface area contributed by atoms with Gasteiger partial charge in [-0.15, -0.1) is 0 Å². The molecule has 0 saturated heterocycles. The second kappa shape index (κ2) is 3.77. The number of aromatic nitrogens is 4. The molecule has 0 radical (unpaired) electrons. The van der Waals surface area contributed by atoms with E-state index in [1.54, 1.807) is 4.52 Å². The average molecular weight is 231 g/mol. The predicted molar refractivity (Wildman–Crippen MR) is 64.7 cm³/mol. The van der Waals surface area contributed by atoms with E-state index in [1.165, 1.54) is 18.4 Å². The van der Waals surface area contributed by atoms with Gasteiger partial charge in [0.05, 0.1) is 0 Å². The van der Waals surface area contributed by atoms with E-state index in [1.807, 2.05) is 19.3 Å². The molecule has 1 aliphatic carbocycles. The van der Waals surface area contributed by atoms with Gasteiger partial charge in [-0.3, -0.25) is 0 Å². The standard InChI is InChI=1S/C12H17N5/c1-9-15-11-14-6-10(7-17(11)16-9)12(8-13)4-2-3-5-12/h6-7H,2-5,8,13H2,1H3. The number of rotatable bonds is 2. The van der Waals surface area contributed by atoms with Crippen molar-refractivity contribution in [3.05, 3.63) is 23.8 Å². The zero-order valence-corrected chi connectivity index (χ0v) is 10.1. The second-order valence-electron chi connectivity index (χ2n) is 4.94. The fourth-order valence-electron chi connectivity index (χ4n) is 2.82. The molecule has 2 aromatic heterocycles. The fraction of sp³-hybridized carbons (Fsp3) is 0.583. The molecule has 0 bridgehead atoms. The van der Waals surface area contributed by atoms with E-state index < -0.39 is 0 Å². The molecular weight excluding hydrogens is 214 g/mol. The third-order valence-corrected chi connectivity index (χ3v) is 3.86. The molecule has 0 aromatic carbocycles. The second-order valence-corrected chi connectivity index (χ2v) is 4.94. The number of aryl methyl sites for hydroxylation is 1. The van der Waals surface area contributed by atoms with Gasteiger partial charge in [-0.25, -0.2) is 9.50 Å². The normalized spacial score (nSPS) is 18.9. The molecule has 0 unspecified atom stereocenters. The van der Waals surface area contributed by atoms with Crippen LogP contribution in [0.1, 0.15) is 37.1 Å². The van der Waals surface area contributed by atoms with Crippen molar-refractivity contribution < 1.29 is 0 Å². The first-order chi connectivity index (χ1) is 8.23. The highest BCUT2D eigenvalue weighted by Gasteiger charge is 2.35. The third-order valence-electron chi connectivity index (χ3n) is 3.86. The molecule has 1 aliphatic rings. The van der Waals surface area contributed by atoms with E-state index in [2.05, 4.69) is 15.1 Å². The number of hydrogen-bond donors (Lipinski definition) is 1. The van der Waals surface area contributed by atoms with Crippen LogP contribution in [-0.2, 0) is 5.41 Å². The van der Waals surface area contributed by atoms with Gasteiger partial charge in [0, 0.05) is 24.4 Å². The molecule has 3 rings (SSSR count). The maximum absolute atomic E-state index is 5.98. The summed E-state index contributed by atoms with van der Waals surface area (Å²) in [5.74, 6) is 1.42. The lowest BCUT2D eigenvalue weighted by atomic mass is 9.80. The summed E-state index contributed by atoms with van der Waals surface area (Å²) in [4.78, 5) is 8.61. The van der Waals surface area contributed by atoms with Gasteiger partial charge < -0.3 is 5.73 Å².